The topological polar surface area (TPSA) is 9.23 Å². The van der Waals surface area contributed by atoms with Crippen LogP contribution < -0.4 is 0 Å². The summed E-state index contributed by atoms with van der Waals surface area (Å²) < 4.78 is 5.38. The molecule has 2 aliphatic carbocycles. The third kappa shape index (κ3) is 1.65. The van der Waals surface area contributed by atoms with E-state index in [9.17, 15) is 0 Å². The van der Waals surface area contributed by atoms with Gasteiger partial charge in [0, 0.05) is 5.92 Å². The second kappa shape index (κ2) is 3.57. The lowest BCUT2D eigenvalue weighted by molar-refractivity contribution is 0.266. The number of allylic oxidation sites excluding steroid dienone is 4. The van der Waals surface area contributed by atoms with Gasteiger partial charge in [0.2, 0.25) is 0 Å². The Labute approximate surface area is 80.5 Å². The van der Waals surface area contributed by atoms with Crippen molar-refractivity contribution in [1.29, 1.82) is 0 Å². The summed E-state index contributed by atoms with van der Waals surface area (Å²) in [6, 6.07) is 0. The maximum atomic E-state index is 5.38. The zero-order valence-electron chi connectivity index (χ0n) is 8.55. The number of hydrogen-bond acceptors (Lipinski definition) is 1. The number of fused-ring (bicyclic) bond motifs is 1. The fourth-order valence-electron chi connectivity index (χ4n) is 2.36. The molecule has 13 heavy (non-hydrogen) atoms. The number of ether oxygens (including phenoxy) is 1. The summed E-state index contributed by atoms with van der Waals surface area (Å²) in [5, 5.41) is 0. The van der Waals surface area contributed by atoms with Crippen LogP contribution in [0.25, 0.3) is 0 Å². The Morgan fingerprint density at radius 1 is 1.38 bits per heavy atom. The Morgan fingerprint density at radius 3 is 2.92 bits per heavy atom. The van der Waals surface area contributed by atoms with Crippen LogP contribution in [0.3, 0.4) is 0 Å². The monoisotopic (exact) mass is 178 g/mol. The van der Waals surface area contributed by atoms with Crippen molar-refractivity contribution in [2.45, 2.75) is 32.6 Å². The van der Waals surface area contributed by atoms with Crippen molar-refractivity contribution in [2.24, 2.45) is 11.8 Å². The van der Waals surface area contributed by atoms with Gasteiger partial charge in [0.1, 0.15) is 0 Å². The Morgan fingerprint density at radius 2 is 2.23 bits per heavy atom. The highest BCUT2D eigenvalue weighted by Gasteiger charge is 2.43. The molecule has 0 spiro atoms. The summed E-state index contributed by atoms with van der Waals surface area (Å²) >= 11 is 0. The van der Waals surface area contributed by atoms with Crippen molar-refractivity contribution in [3.8, 4) is 0 Å². The van der Waals surface area contributed by atoms with Crippen LogP contribution in [0.1, 0.15) is 32.6 Å². The van der Waals surface area contributed by atoms with Crippen LogP contribution in [0.4, 0.5) is 0 Å². The van der Waals surface area contributed by atoms with Gasteiger partial charge in [0.25, 0.3) is 0 Å². The lowest BCUT2D eigenvalue weighted by Gasteiger charge is -2.04. The highest BCUT2D eigenvalue weighted by molar-refractivity contribution is 5.27. The number of methoxy groups -OCH3 is 1. The molecule has 0 aliphatic heterocycles. The quantitative estimate of drug-likeness (QED) is 0.603. The molecule has 1 nitrogen and oxygen atoms in total. The van der Waals surface area contributed by atoms with Crippen LogP contribution in [-0.2, 0) is 4.74 Å². The molecule has 1 saturated carbocycles. The zero-order valence-corrected chi connectivity index (χ0v) is 8.55. The minimum atomic E-state index is 0.727. The normalized spacial score (nSPS) is 31.2. The van der Waals surface area contributed by atoms with E-state index < -0.39 is 0 Å². The average Bonchev–Trinajstić information content (AvgIpc) is 2.88. The first kappa shape index (κ1) is 8.86. The molecule has 72 valence electrons. The Kier molecular flexibility index (Phi) is 2.43. The molecule has 2 unspecified atom stereocenters. The van der Waals surface area contributed by atoms with E-state index in [0.29, 0.717) is 0 Å². The molecule has 0 bridgehead atoms. The van der Waals surface area contributed by atoms with Crippen LogP contribution in [0.15, 0.2) is 23.5 Å². The van der Waals surface area contributed by atoms with Crippen molar-refractivity contribution in [3.63, 3.8) is 0 Å². The minimum Gasteiger partial charge on any atom is -0.501 e. The van der Waals surface area contributed by atoms with Gasteiger partial charge in [-0.15, -0.1) is 0 Å². The SMILES string of the molecule is CCCC1=CCC=C(OC)C2CC12. The first-order chi connectivity index (χ1) is 6.36. The lowest BCUT2D eigenvalue weighted by atomic mass is 10.0. The molecule has 0 saturated heterocycles. The van der Waals surface area contributed by atoms with Gasteiger partial charge in [0.05, 0.1) is 12.9 Å². The molecule has 2 atom stereocenters. The first-order valence-corrected chi connectivity index (χ1v) is 5.29. The van der Waals surface area contributed by atoms with E-state index in [1.54, 1.807) is 12.7 Å². The maximum absolute atomic E-state index is 5.38. The highest BCUT2D eigenvalue weighted by Crippen LogP contribution is 2.51. The van der Waals surface area contributed by atoms with E-state index in [-0.39, 0.29) is 0 Å². The van der Waals surface area contributed by atoms with Crippen molar-refractivity contribution < 1.29 is 4.74 Å². The van der Waals surface area contributed by atoms with Gasteiger partial charge in [-0.25, -0.2) is 0 Å². The molecule has 0 aromatic rings. The van der Waals surface area contributed by atoms with Gasteiger partial charge in [-0.2, -0.15) is 0 Å². The third-order valence-corrected chi connectivity index (χ3v) is 3.11. The van der Waals surface area contributed by atoms with Crippen LogP contribution in [0, 0.1) is 11.8 Å². The molecule has 2 aliphatic rings. The van der Waals surface area contributed by atoms with E-state index in [0.717, 1.165) is 18.3 Å². The van der Waals surface area contributed by atoms with E-state index in [1.807, 2.05) is 0 Å². The van der Waals surface area contributed by atoms with E-state index in [2.05, 4.69) is 19.1 Å². The number of rotatable bonds is 3. The summed E-state index contributed by atoms with van der Waals surface area (Å²) in [6.07, 6.45) is 9.61. The average molecular weight is 178 g/mol. The van der Waals surface area contributed by atoms with Crippen LogP contribution in [-0.4, -0.2) is 7.11 Å². The first-order valence-electron chi connectivity index (χ1n) is 5.29. The summed E-state index contributed by atoms with van der Waals surface area (Å²) in [4.78, 5) is 0. The van der Waals surface area contributed by atoms with Gasteiger partial charge >= 0.3 is 0 Å². The molecule has 0 aromatic carbocycles. The molecule has 0 aromatic heterocycles. The van der Waals surface area contributed by atoms with Gasteiger partial charge in [-0.05, 0) is 31.3 Å². The van der Waals surface area contributed by atoms with Crippen molar-refractivity contribution in [2.75, 3.05) is 7.11 Å². The molecule has 2 rings (SSSR count). The van der Waals surface area contributed by atoms with Crippen LogP contribution in [0.5, 0.6) is 0 Å². The maximum Gasteiger partial charge on any atom is 0.0955 e. The molecule has 1 heteroatoms. The molecular formula is C12H18O. The fourth-order valence-corrected chi connectivity index (χ4v) is 2.36. The van der Waals surface area contributed by atoms with Crippen molar-refractivity contribution >= 4 is 0 Å². The molecule has 0 amide bonds. The summed E-state index contributed by atoms with van der Waals surface area (Å²) in [7, 11) is 1.80. The van der Waals surface area contributed by atoms with E-state index in [4.69, 9.17) is 4.74 Å². The molecule has 0 radical (unpaired) electrons. The summed E-state index contributed by atoms with van der Waals surface area (Å²) in [5.74, 6) is 2.78. The predicted octanol–water partition coefficient (Wildman–Crippen LogP) is 3.28. The van der Waals surface area contributed by atoms with Gasteiger partial charge < -0.3 is 4.74 Å². The minimum absolute atomic E-state index is 0.727. The Bertz CT molecular complexity index is 250. The molecule has 0 N–H and O–H groups in total. The second-order valence-corrected chi connectivity index (χ2v) is 4.02. The predicted molar refractivity (Wildman–Crippen MR) is 54.3 cm³/mol. The lowest BCUT2D eigenvalue weighted by Crippen LogP contribution is -1.92. The summed E-state index contributed by atoms with van der Waals surface area (Å²) in [5.41, 5.74) is 1.68. The van der Waals surface area contributed by atoms with Crippen molar-refractivity contribution in [3.05, 3.63) is 23.5 Å². The summed E-state index contributed by atoms with van der Waals surface area (Å²) in [6.45, 7) is 2.26. The standard InChI is InChI=1S/C12H18O/c1-3-5-9-6-4-7-12(13-2)11-8-10(9)11/h6-7,10-11H,3-5,8H2,1-2H3. The zero-order chi connectivity index (χ0) is 9.26. The Balaban J connectivity index is 2.05. The Hall–Kier alpha value is -0.720. The number of hydrogen-bond donors (Lipinski definition) is 0. The second-order valence-electron chi connectivity index (χ2n) is 4.02. The van der Waals surface area contributed by atoms with Gasteiger partial charge in [-0.3, -0.25) is 0 Å². The smallest absolute Gasteiger partial charge is 0.0955 e. The van der Waals surface area contributed by atoms with Gasteiger partial charge in [-0.1, -0.05) is 25.0 Å². The van der Waals surface area contributed by atoms with Gasteiger partial charge in [0.15, 0.2) is 0 Å². The molecule has 0 heterocycles. The third-order valence-electron chi connectivity index (χ3n) is 3.11. The van der Waals surface area contributed by atoms with Crippen LogP contribution in [0.2, 0.25) is 0 Å². The van der Waals surface area contributed by atoms with E-state index >= 15 is 0 Å². The molecular weight excluding hydrogens is 160 g/mol. The van der Waals surface area contributed by atoms with Crippen LogP contribution >= 0.6 is 0 Å². The van der Waals surface area contributed by atoms with E-state index in [1.165, 1.54) is 25.0 Å². The van der Waals surface area contributed by atoms with Crippen molar-refractivity contribution in [1.82, 2.24) is 0 Å². The fraction of sp³-hybridized carbons (Fsp3) is 0.667. The largest absolute Gasteiger partial charge is 0.501 e. The highest BCUT2D eigenvalue weighted by atomic mass is 16.5. The molecule has 1 fully saturated rings.